The fourth-order valence-corrected chi connectivity index (χ4v) is 1.87. The Kier molecular flexibility index (Phi) is 4.26. The van der Waals surface area contributed by atoms with Crippen molar-refractivity contribution in [3.05, 3.63) is 29.3 Å². The van der Waals surface area contributed by atoms with Crippen LogP contribution >= 0.6 is 11.6 Å². The van der Waals surface area contributed by atoms with Gasteiger partial charge in [0.25, 0.3) is 0 Å². The van der Waals surface area contributed by atoms with Gasteiger partial charge in [0.1, 0.15) is 5.75 Å². The van der Waals surface area contributed by atoms with E-state index in [4.69, 9.17) is 16.3 Å². The Hall–Kier alpha value is -0.690. The Balaban J connectivity index is 3.11. The fourth-order valence-electron chi connectivity index (χ4n) is 1.71. The van der Waals surface area contributed by atoms with Gasteiger partial charge in [-0.1, -0.05) is 32.9 Å². The quantitative estimate of drug-likeness (QED) is 0.721. The SMILES string of the molecule is COc1ccc(C(C)(C)C)cc1CC(C)Cl. The molecule has 0 bridgehead atoms. The molecule has 1 aromatic carbocycles. The van der Waals surface area contributed by atoms with Crippen molar-refractivity contribution < 1.29 is 4.74 Å². The van der Waals surface area contributed by atoms with E-state index in [0.29, 0.717) is 0 Å². The number of hydrogen-bond acceptors (Lipinski definition) is 1. The van der Waals surface area contributed by atoms with E-state index in [9.17, 15) is 0 Å². The molecule has 0 aliphatic rings. The van der Waals surface area contributed by atoms with Gasteiger partial charge in [-0.05, 0) is 36.0 Å². The van der Waals surface area contributed by atoms with Crippen LogP contribution in [0.4, 0.5) is 0 Å². The molecule has 0 spiro atoms. The molecular formula is C14H21ClO. The molecule has 1 unspecified atom stereocenters. The summed E-state index contributed by atoms with van der Waals surface area (Å²) in [5.74, 6) is 0.931. The smallest absolute Gasteiger partial charge is 0.122 e. The van der Waals surface area contributed by atoms with Crippen LogP contribution in [-0.4, -0.2) is 12.5 Å². The van der Waals surface area contributed by atoms with Gasteiger partial charge in [-0.2, -0.15) is 0 Å². The molecule has 0 radical (unpaired) electrons. The molecule has 1 aromatic rings. The van der Waals surface area contributed by atoms with Gasteiger partial charge in [-0.15, -0.1) is 11.6 Å². The molecule has 1 atom stereocenters. The van der Waals surface area contributed by atoms with E-state index < -0.39 is 0 Å². The first-order valence-electron chi connectivity index (χ1n) is 5.66. The summed E-state index contributed by atoms with van der Waals surface area (Å²) in [7, 11) is 1.70. The fraction of sp³-hybridized carbons (Fsp3) is 0.571. The molecule has 0 aliphatic heterocycles. The highest BCUT2D eigenvalue weighted by molar-refractivity contribution is 6.20. The van der Waals surface area contributed by atoms with Crippen molar-refractivity contribution in [2.45, 2.75) is 44.9 Å². The molecule has 90 valence electrons. The maximum absolute atomic E-state index is 6.05. The number of halogens is 1. The molecule has 0 fully saturated rings. The molecule has 0 amide bonds. The first-order chi connectivity index (χ1) is 7.34. The number of ether oxygens (including phenoxy) is 1. The molecule has 2 heteroatoms. The molecule has 16 heavy (non-hydrogen) atoms. The number of hydrogen-bond donors (Lipinski definition) is 0. The van der Waals surface area contributed by atoms with Crippen molar-refractivity contribution in [1.29, 1.82) is 0 Å². The van der Waals surface area contributed by atoms with Gasteiger partial charge >= 0.3 is 0 Å². The van der Waals surface area contributed by atoms with E-state index >= 15 is 0 Å². The van der Waals surface area contributed by atoms with Crippen molar-refractivity contribution in [2.75, 3.05) is 7.11 Å². The highest BCUT2D eigenvalue weighted by atomic mass is 35.5. The number of methoxy groups -OCH3 is 1. The zero-order valence-corrected chi connectivity index (χ0v) is 11.6. The molecular weight excluding hydrogens is 220 g/mol. The molecule has 1 nitrogen and oxygen atoms in total. The zero-order valence-electron chi connectivity index (χ0n) is 10.8. The van der Waals surface area contributed by atoms with Crippen molar-refractivity contribution in [1.82, 2.24) is 0 Å². The van der Waals surface area contributed by atoms with Gasteiger partial charge in [-0.3, -0.25) is 0 Å². The second-order valence-corrected chi connectivity index (χ2v) is 6.01. The summed E-state index contributed by atoms with van der Waals surface area (Å²) in [6.07, 6.45) is 0.842. The Labute approximate surface area is 104 Å². The van der Waals surface area contributed by atoms with Gasteiger partial charge in [0, 0.05) is 5.38 Å². The van der Waals surface area contributed by atoms with Crippen LogP contribution < -0.4 is 4.74 Å². The Morgan fingerprint density at radius 1 is 1.31 bits per heavy atom. The normalized spacial score (nSPS) is 13.6. The maximum Gasteiger partial charge on any atom is 0.122 e. The van der Waals surface area contributed by atoms with Crippen molar-refractivity contribution in [2.24, 2.45) is 0 Å². The van der Waals surface area contributed by atoms with E-state index in [0.717, 1.165) is 12.2 Å². The molecule has 1 rings (SSSR count). The van der Waals surface area contributed by atoms with E-state index in [1.807, 2.05) is 13.0 Å². The van der Waals surface area contributed by atoms with Gasteiger partial charge < -0.3 is 4.74 Å². The second-order valence-electron chi connectivity index (χ2n) is 5.26. The number of rotatable bonds is 3. The molecule has 0 heterocycles. The van der Waals surface area contributed by atoms with Crippen LogP contribution in [0.2, 0.25) is 0 Å². The largest absolute Gasteiger partial charge is 0.496 e. The van der Waals surface area contributed by atoms with E-state index in [1.54, 1.807) is 7.11 Å². The standard InChI is InChI=1S/C14H21ClO/c1-10(15)8-11-9-12(14(2,3)4)6-7-13(11)16-5/h6-7,9-10H,8H2,1-5H3. The van der Waals surface area contributed by atoms with Gasteiger partial charge in [0.2, 0.25) is 0 Å². The van der Waals surface area contributed by atoms with Crippen LogP contribution in [0.5, 0.6) is 5.75 Å². The van der Waals surface area contributed by atoms with Crippen LogP contribution in [-0.2, 0) is 11.8 Å². The molecule has 0 aromatic heterocycles. The predicted octanol–water partition coefficient (Wildman–Crippen LogP) is 4.16. The molecule has 0 N–H and O–H groups in total. The van der Waals surface area contributed by atoms with Crippen LogP contribution in [0, 0.1) is 0 Å². The van der Waals surface area contributed by atoms with Crippen molar-refractivity contribution in [3.63, 3.8) is 0 Å². The van der Waals surface area contributed by atoms with E-state index in [1.165, 1.54) is 11.1 Å². The maximum atomic E-state index is 6.05. The lowest BCUT2D eigenvalue weighted by Gasteiger charge is -2.21. The summed E-state index contributed by atoms with van der Waals surface area (Å²) in [6, 6.07) is 6.37. The van der Waals surface area contributed by atoms with Gasteiger partial charge in [0.15, 0.2) is 0 Å². The summed E-state index contributed by atoms with van der Waals surface area (Å²) in [4.78, 5) is 0. The molecule has 0 aliphatic carbocycles. The topological polar surface area (TPSA) is 9.23 Å². The van der Waals surface area contributed by atoms with Crippen LogP contribution in [0.25, 0.3) is 0 Å². The molecule has 0 saturated carbocycles. The first-order valence-corrected chi connectivity index (χ1v) is 6.09. The lowest BCUT2D eigenvalue weighted by atomic mass is 9.85. The van der Waals surface area contributed by atoms with Crippen molar-refractivity contribution >= 4 is 11.6 Å². The summed E-state index contributed by atoms with van der Waals surface area (Å²) in [5, 5.41) is 0.129. The lowest BCUT2D eigenvalue weighted by Crippen LogP contribution is -2.12. The van der Waals surface area contributed by atoms with Crippen LogP contribution in [0.3, 0.4) is 0 Å². The Bertz CT molecular complexity index is 350. The van der Waals surface area contributed by atoms with Gasteiger partial charge in [-0.25, -0.2) is 0 Å². The minimum atomic E-state index is 0.129. The Morgan fingerprint density at radius 2 is 1.94 bits per heavy atom. The van der Waals surface area contributed by atoms with Gasteiger partial charge in [0.05, 0.1) is 7.11 Å². The average molecular weight is 241 g/mol. The summed E-state index contributed by atoms with van der Waals surface area (Å²) in [5.41, 5.74) is 2.68. The summed E-state index contributed by atoms with van der Waals surface area (Å²) in [6.45, 7) is 8.64. The number of benzene rings is 1. The predicted molar refractivity (Wildman–Crippen MR) is 70.7 cm³/mol. The van der Waals surface area contributed by atoms with Crippen LogP contribution in [0.15, 0.2) is 18.2 Å². The second kappa shape index (κ2) is 5.09. The third kappa shape index (κ3) is 3.41. The third-order valence-electron chi connectivity index (χ3n) is 2.65. The monoisotopic (exact) mass is 240 g/mol. The van der Waals surface area contributed by atoms with Crippen LogP contribution in [0.1, 0.15) is 38.8 Å². The summed E-state index contributed by atoms with van der Waals surface area (Å²) < 4.78 is 5.36. The first kappa shape index (κ1) is 13.4. The minimum absolute atomic E-state index is 0.129. The average Bonchev–Trinajstić information content (AvgIpc) is 2.15. The van der Waals surface area contributed by atoms with Crippen molar-refractivity contribution in [3.8, 4) is 5.75 Å². The Morgan fingerprint density at radius 3 is 2.38 bits per heavy atom. The molecule has 0 saturated heterocycles. The highest BCUT2D eigenvalue weighted by Crippen LogP contribution is 2.29. The minimum Gasteiger partial charge on any atom is -0.496 e. The van der Waals surface area contributed by atoms with E-state index in [2.05, 4.69) is 32.9 Å². The lowest BCUT2D eigenvalue weighted by molar-refractivity contribution is 0.408. The summed E-state index contributed by atoms with van der Waals surface area (Å²) >= 11 is 6.05. The zero-order chi connectivity index (χ0) is 12.3. The highest BCUT2D eigenvalue weighted by Gasteiger charge is 2.16. The third-order valence-corrected chi connectivity index (χ3v) is 2.80. The number of alkyl halides is 1. The van der Waals surface area contributed by atoms with E-state index in [-0.39, 0.29) is 10.8 Å².